The highest BCUT2D eigenvalue weighted by Crippen LogP contribution is 2.12. The molecule has 0 N–H and O–H groups in total. The van der Waals surface area contributed by atoms with E-state index < -0.39 is 10.8 Å². The van der Waals surface area contributed by atoms with Crippen LogP contribution < -0.4 is 0 Å². The molecule has 0 radical (unpaired) electrons. The van der Waals surface area contributed by atoms with Gasteiger partial charge in [0.2, 0.25) is 0 Å². The third-order valence-electron chi connectivity index (χ3n) is 1.66. The molecule has 2 unspecified atom stereocenters. The zero-order valence-corrected chi connectivity index (χ0v) is 7.69. The van der Waals surface area contributed by atoms with Gasteiger partial charge in [-0.3, -0.25) is 4.21 Å². The van der Waals surface area contributed by atoms with E-state index in [2.05, 4.69) is 12.1 Å². The van der Waals surface area contributed by atoms with Gasteiger partial charge in [-0.05, 0) is 13.3 Å². The first kappa shape index (κ1) is 8.71. The summed E-state index contributed by atoms with van der Waals surface area (Å²) in [5.41, 5.74) is 0. The van der Waals surface area contributed by atoms with Crippen molar-refractivity contribution in [1.29, 1.82) is 0 Å². The second-order valence-corrected chi connectivity index (χ2v) is 4.47. The molecule has 0 fully saturated rings. The van der Waals surface area contributed by atoms with E-state index in [-0.39, 0.29) is 5.25 Å². The van der Waals surface area contributed by atoms with Crippen molar-refractivity contribution in [1.82, 2.24) is 0 Å². The summed E-state index contributed by atoms with van der Waals surface area (Å²) < 4.78 is 11.4. The summed E-state index contributed by atoms with van der Waals surface area (Å²) in [6.07, 6.45) is 2.01. The fourth-order valence-corrected chi connectivity index (χ4v) is 2.31. The van der Waals surface area contributed by atoms with E-state index in [0.717, 1.165) is 12.8 Å². The van der Waals surface area contributed by atoms with Crippen LogP contribution in [0, 0.1) is 0 Å². The minimum absolute atomic E-state index is 0.164. The smallest absolute Gasteiger partial charge is 0.141 e. The highest BCUT2D eigenvalue weighted by atomic mass is 32.2. The Kier molecular flexibility index (Phi) is 3.05. The fourth-order valence-electron chi connectivity index (χ4n) is 1.06. The van der Waals surface area contributed by atoms with Crippen LogP contribution in [0.2, 0.25) is 0 Å². The second kappa shape index (κ2) is 3.85. The number of rotatable bonds is 2. The lowest BCUT2D eigenvalue weighted by Crippen LogP contribution is -2.29. The van der Waals surface area contributed by atoms with Crippen molar-refractivity contribution in [3.63, 3.8) is 0 Å². The molecule has 0 aromatic carbocycles. The number of hydrogen-bond donors (Lipinski definition) is 0. The van der Waals surface area contributed by atoms with Gasteiger partial charge in [-0.25, -0.2) is 0 Å². The molecule has 0 saturated heterocycles. The van der Waals surface area contributed by atoms with Crippen LogP contribution in [0.1, 0.15) is 26.7 Å². The molecule has 0 aliphatic carbocycles. The van der Waals surface area contributed by atoms with Crippen LogP contribution in [-0.2, 0) is 15.6 Å². The molecule has 0 spiro atoms. The maximum absolute atomic E-state index is 11.4. The van der Waals surface area contributed by atoms with Gasteiger partial charge in [-0.15, -0.1) is 0 Å². The zero-order chi connectivity index (χ0) is 8.27. The summed E-state index contributed by atoms with van der Waals surface area (Å²) in [4.78, 5) is 4.91. The third kappa shape index (κ3) is 2.02. The molecule has 0 bridgehead atoms. The number of oxime groups is 1. The molecule has 1 aliphatic rings. The topological polar surface area (TPSA) is 38.7 Å². The first-order valence-corrected chi connectivity index (χ1v) is 5.04. The van der Waals surface area contributed by atoms with Gasteiger partial charge in [0.05, 0.1) is 16.0 Å². The SMILES string of the molecule is CCCC1CON=C(C)S1=O. The molecule has 64 valence electrons. The van der Waals surface area contributed by atoms with E-state index in [4.69, 9.17) is 4.84 Å². The summed E-state index contributed by atoms with van der Waals surface area (Å²) in [5.74, 6) is 0. The standard InChI is InChI=1S/C7H13NO2S/c1-3-4-7-5-10-8-6(2)11(7)9/h7H,3-5H2,1-2H3. The Bertz CT molecular complexity index is 191. The maximum Gasteiger partial charge on any atom is 0.141 e. The molecular formula is C7H13NO2S. The van der Waals surface area contributed by atoms with Crippen LogP contribution in [0.25, 0.3) is 0 Å². The van der Waals surface area contributed by atoms with E-state index in [1.54, 1.807) is 6.92 Å². The number of hydrogen-bond acceptors (Lipinski definition) is 3. The van der Waals surface area contributed by atoms with Crippen LogP contribution in [-0.4, -0.2) is 21.1 Å². The minimum atomic E-state index is -0.898. The van der Waals surface area contributed by atoms with Gasteiger partial charge in [0.1, 0.15) is 11.7 Å². The van der Waals surface area contributed by atoms with Crippen molar-refractivity contribution in [3.05, 3.63) is 0 Å². The first-order chi connectivity index (χ1) is 5.25. The number of nitrogens with zero attached hydrogens (tertiary/aromatic N) is 1. The molecule has 1 heterocycles. The molecule has 0 saturated carbocycles. The lowest BCUT2D eigenvalue weighted by molar-refractivity contribution is 0.140. The van der Waals surface area contributed by atoms with Crippen molar-refractivity contribution in [2.24, 2.45) is 5.16 Å². The summed E-state index contributed by atoms with van der Waals surface area (Å²) in [5, 5.41) is 4.44. The molecule has 0 amide bonds. The van der Waals surface area contributed by atoms with Crippen molar-refractivity contribution >= 4 is 15.8 Å². The van der Waals surface area contributed by atoms with Crippen molar-refractivity contribution in [2.75, 3.05) is 6.61 Å². The Hall–Kier alpha value is -0.380. The average Bonchev–Trinajstić information content (AvgIpc) is 1.99. The average molecular weight is 175 g/mol. The molecule has 2 atom stereocenters. The van der Waals surface area contributed by atoms with Crippen LogP contribution in [0.15, 0.2) is 5.16 Å². The molecule has 1 rings (SSSR count). The molecule has 1 aliphatic heterocycles. The van der Waals surface area contributed by atoms with Crippen molar-refractivity contribution < 1.29 is 9.05 Å². The van der Waals surface area contributed by atoms with Crippen LogP contribution in [0.3, 0.4) is 0 Å². The van der Waals surface area contributed by atoms with Crippen LogP contribution >= 0.6 is 0 Å². The lowest BCUT2D eigenvalue weighted by atomic mass is 10.2. The molecule has 0 aromatic rings. The van der Waals surface area contributed by atoms with Gasteiger partial charge in [-0.2, -0.15) is 0 Å². The first-order valence-electron chi connectivity index (χ1n) is 3.82. The third-order valence-corrected chi connectivity index (χ3v) is 3.29. The van der Waals surface area contributed by atoms with Gasteiger partial charge >= 0.3 is 0 Å². The van der Waals surface area contributed by atoms with Crippen molar-refractivity contribution in [2.45, 2.75) is 31.9 Å². The monoisotopic (exact) mass is 175 g/mol. The van der Waals surface area contributed by atoms with Crippen LogP contribution in [0.4, 0.5) is 0 Å². The van der Waals surface area contributed by atoms with E-state index in [1.807, 2.05) is 0 Å². The van der Waals surface area contributed by atoms with Crippen molar-refractivity contribution in [3.8, 4) is 0 Å². The van der Waals surface area contributed by atoms with E-state index >= 15 is 0 Å². The quantitative estimate of drug-likeness (QED) is 0.634. The van der Waals surface area contributed by atoms with E-state index in [9.17, 15) is 4.21 Å². The largest absolute Gasteiger partial charge is 0.394 e. The summed E-state index contributed by atoms with van der Waals surface area (Å²) in [6.45, 7) is 4.34. The highest BCUT2D eigenvalue weighted by molar-refractivity contribution is 8.01. The van der Waals surface area contributed by atoms with Gasteiger partial charge in [-0.1, -0.05) is 18.5 Å². The van der Waals surface area contributed by atoms with Gasteiger partial charge < -0.3 is 4.84 Å². The normalized spacial score (nSPS) is 30.9. The Morgan fingerprint density at radius 2 is 2.55 bits per heavy atom. The zero-order valence-electron chi connectivity index (χ0n) is 6.87. The molecule has 11 heavy (non-hydrogen) atoms. The van der Waals surface area contributed by atoms with E-state index in [1.165, 1.54) is 0 Å². The van der Waals surface area contributed by atoms with Gasteiger partial charge in [0, 0.05) is 0 Å². The maximum atomic E-state index is 11.4. The fraction of sp³-hybridized carbons (Fsp3) is 0.857. The van der Waals surface area contributed by atoms with E-state index in [0.29, 0.717) is 11.7 Å². The van der Waals surface area contributed by atoms with Gasteiger partial charge in [0.25, 0.3) is 0 Å². The molecule has 3 nitrogen and oxygen atoms in total. The summed E-state index contributed by atoms with van der Waals surface area (Å²) in [7, 11) is -0.898. The van der Waals surface area contributed by atoms with Crippen LogP contribution in [0.5, 0.6) is 0 Å². The lowest BCUT2D eigenvalue weighted by Gasteiger charge is -2.18. The second-order valence-electron chi connectivity index (χ2n) is 2.61. The predicted molar refractivity (Wildman–Crippen MR) is 45.9 cm³/mol. The Balaban J connectivity index is 2.57. The Labute approximate surface area is 69.3 Å². The Morgan fingerprint density at radius 1 is 1.82 bits per heavy atom. The summed E-state index contributed by atoms with van der Waals surface area (Å²) >= 11 is 0. The highest BCUT2D eigenvalue weighted by Gasteiger charge is 2.23. The molecular weight excluding hydrogens is 162 g/mol. The molecule has 0 aromatic heterocycles. The molecule has 4 heteroatoms. The minimum Gasteiger partial charge on any atom is -0.394 e. The van der Waals surface area contributed by atoms with Gasteiger partial charge in [0.15, 0.2) is 0 Å². The predicted octanol–water partition coefficient (Wildman–Crippen LogP) is 1.27. The summed E-state index contributed by atoms with van der Waals surface area (Å²) in [6, 6.07) is 0. The Morgan fingerprint density at radius 3 is 3.18 bits per heavy atom.